The van der Waals surface area contributed by atoms with Crippen LogP contribution in [0.2, 0.25) is 0 Å². The second kappa shape index (κ2) is 4.70. The minimum atomic E-state index is -2.57. The van der Waals surface area contributed by atoms with Crippen molar-refractivity contribution in [2.75, 3.05) is 0 Å². The molecule has 3 heteroatoms. The molecule has 0 saturated heterocycles. The summed E-state index contributed by atoms with van der Waals surface area (Å²) in [5.41, 5.74) is 0.764. The number of alkyl halides is 2. The number of hydrogen-bond acceptors (Lipinski definition) is 1. The van der Waals surface area contributed by atoms with Crippen LogP contribution in [-0.2, 0) is 11.2 Å². The molecule has 1 unspecified atom stereocenters. The van der Waals surface area contributed by atoms with E-state index in [1.807, 2.05) is 6.07 Å². The predicted molar refractivity (Wildman–Crippen MR) is 45.7 cm³/mol. The maximum atomic E-state index is 12.2. The Kier molecular flexibility index (Phi) is 3.55. The molecular formula is C10H10F2O. The summed E-state index contributed by atoms with van der Waals surface area (Å²) in [6, 6.07) is 8.81. The van der Waals surface area contributed by atoms with Gasteiger partial charge in [0.15, 0.2) is 0 Å². The molecule has 1 aromatic carbocycles. The first kappa shape index (κ1) is 9.84. The lowest BCUT2D eigenvalue weighted by atomic mass is 10.0. The fourth-order valence-corrected chi connectivity index (χ4v) is 1.08. The van der Waals surface area contributed by atoms with Gasteiger partial charge in [-0.2, -0.15) is 0 Å². The largest absolute Gasteiger partial charge is 0.303 e. The molecule has 0 aliphatic rings. The highest BCUT2D eigenvalue weighted by atomic mass is 19.3. The zero-order valence-electron chi connectivity index (χ0n) is 6.99. The van der Waals surface area contributed by atoms with Gasteiger partial charge in [0, 0.05) is 0 Å². The second-order valence-corrected chi connectivity index (χ2v) is 2.82. The fourth-order valence-electron chi connectivity index (χ4n) is 1.08. The summed E-state index contributed by atoms with van der Waals surface area (Å²) < 4.78 is 24.3. The summed E-state index contributed by atoms with van der Waals surface area (Å²) in [5, 5.41) is 0. The molecule has 0 bridgehead atoms. The number of aldehydes is 1. The number of rotatable bonds is 4. The second-order valence-electron chi connectivity index (χ2n) is 2.82. The van der Waals surface area contributed by atoms with Crippen LogP contribution in [-0.4, -0.2) is 12.7 Å². The van der Waals surface area contributed by atoms with Crippen LogP contribution in [0.4, 0.5) is 8.78 Å². The molecule has 0 amide bonds. The van der Waals surface area contributed by atoms with E-state index < -0.39 is 12.3 Å². The molecular weight excluding hydrogens is 174 g/mol. The van der Waals surface area contributed by atoms with E-state index in [1.165, 1.54) is 0 Å². The Morgan fingerprint density at radius 2 is 1.85 bits per heavy atom. The van der Waals surface area contributed by atoms with Crippen molar-refractivity contribution in [2.45, 2.75) is 12.8 Å². The molecule has 1 rings (SSSR count). The van der Waals surface area contributed by atoms with Crippen molar-refractivity contribution in [1.82, 2.24) is 0 Å². The molecule has 0 aliphatic carbocycles. The first-order chi connectivity index (χ1) is 6.24. The monoisotopic (exact) mass is 184 g/mol. The van der Waals surface area contributed by atoms with Crippen molar-refractivity contribution in [3.05, 3.63) is 35.9 Å². The SMILES string of the molecule is O=CC(Cc1ccccc1)C(F)F. The zero-order valence-corrected chi connectivity index (χ0v) is 6.99. The van der Waals surface area contributed by atoms with Gasteiger partial charge in [0.05, 0.1) is 5.92 Å². The summed E-state index contributed by atoms with van der Waals surface area (Å²) in [6.45, 7) is 0. The lowest BCUT2D eigenvalue weighted by Crippen LogP contribution is -2.15. The average Bonchev–Trinajstić information content (AvgIpc) is 2.15. The highest BCUT2D eigenvalue weighted by Gasteiger charge is 2.19. The van der Waals surface area contributed by atoms with Crippen LogP contribution in [0.25, 0.3) is 0 Å². The van der Waals surface area contributed by atoms with E-state index in [-0.39, 0.29) is 6.42 Å². The van der Waals surface area contributed by atoms with E-state index in [4.69, 9.17) is 0 Å². The zero-order chi connectivity index (χ0) is 9.68. The van der Waals surface area contributed by atoms with Gasteiger partial charge in [0.1, 0.15) is 6.29 Å². The van der Waals surface area contributed by atoms with E-state index in [1.54, 1.807) is 24.3 Å². The molecule has 0 heterocycles. The minimum absolute atomic E-state index is 0.113. The van der Waals surface area contributed by atoms with Gasteiger partial charge in [0.25, 0.3) is 0 Å². The van der Waals surface area contributed by atoms with Gasteiger partial charge in [-0.25, -0.2) is 8.78 Å². The van der Waals surface area contributed by atoms with Crippen molar-refractivity contribution < 1.29 is 13.6 Å². The van der Waals surface area contributed by atoms with E-state index in [9.17, 15) is 13.6 Å². The topological polar surface area (TPSA) is 17.1 Å². The van der Waals surface area contributed by atoms with Crippen LogP contribution in [0.5, 0.6) is 0 Å². The number of benzene rings is 1. The van der Waals surface area contributed by atoms with Crippen LogP contribution < -0.4 is 0 Å². The Hall–Kier alpha value is -1.25. The number of hydrogen-bond donors (Lipinski definition) is 0. The molecule has 1 atom stereocenters. The standard InChI is InChI=1S/C10H10F2O/c11-10(12)9(7-13)6-8-4-2-1-3-5-8/h1-5,7,9-10H,6H2. The smallest absolute Gasteiger partial charge is 0.248 e. The molecule has 1 nitrogen and oxygen atoms in total. The van der Waals surface area contributed by atoms with Crippen LogP contribution in [0.3, 0.4) is 0 Å². The first-order valence-electron chi connectivity index (χ1n) is 4.01. The molecule has 0 fully saturated rings. The Morgan fingerprint density at radius 3 is 2.31 bits per heavy atom. The third-order valence-electron chi connectivity index (χ3n) is 1.81. The highest BCUT2D eigenvalue weighted by molar-refractivity contribution is 5.54. The maximum Gasteiger partial charge on any atom is 0.248 e. The van der Waals surface area contributed by atoms with Gasteiger partial charge < -0.3 is 4.79 Å². The predicted octanol–water partition coefficient (Wildman–Crippen LogP) is 2.31. The van der Waals surface area contributed by atoms with Crippen LogP contribution in [0.15, 0.2) is 30.3 Å². The van der Waals surface area contributed by atoms with E-state index >= 15 is 0 Å². The summed E-state index contributed by atoms with van der Waals surface area (Å²) in [5.74, 6) is -1.18. The normalized spacial score (nSPS) is 12.8. The van der Waals surface area contributed by atoms with Gasteiger partial charge in [0.2, 0.25) is 6.43 Å². The minimum Gasteiger partial charge on any atom is -0.303 e. The summed E-state index contributed by atoms with van der Waals surface area (Å²) >= 11 is 0. The van der Waals surface area contributed by atoms with Gasteiger partial charge in [-0.1, -0.05) is 30.3 Å². The van der Waals surface area contributed by atoms with Crippen molar-refractivity contribution in [3.8, 4) is 0 Å². The van der Waals surface area contributed by atoms with Crippen molar-refractivity contribution in [1.29, 1.82) is 0 Å². The Labute approximate surface area is 75.4 Å². The van der Waals surface area contributed by atoms with E-state index in [2.05, 4.69) is 0 Å². The molecule has 0 aliphatic heterocycles. The summed E-state index contributed by atoms with van der Waals surface area (Å²) in [6.07, 6.45) is -2.14. The van der Waals surface area contributed by atoms with Crippen molar-refractivity contribution >= 4 is 6.29 Å². The molecule has 0 spiro atoms. The maximum absolute atomic E-state index is 12.2. The lowest BCUT2D eigenvalue weighted by Gasteiger charge is -2.07. The van der Waals surface area contributed by atoms with Crippen LogP contribution in [0, 0.1) is 5.92 Å². The Bertz CT molecular complexity index is 259. The third kappa shape index (κ3) is 2.93. The van der Waals surface area contributed by atoms with Crippen molar-refractivity contribution in [3.63, 3.8) is 0 Å². The number of carbonyl (C=O) groups is 1. The average molecular weight is 184 g/mol. The van der Waals surface area contributed by atoms with Gasteiger partial charge in [-0.15, -0.1) is 0 Å². The quantitative estimate of drug-likeness (QED) is 0.656. The molecule has 0 aromatic heterocycles. The van der Waals surface area contributed by atoms with E-state index in [0.717, 1.165) is 5.56 Å². The van der Waals surface area contributed by atoms with Gasteiger partial charge in [-0.3, -0.25) is 0 Å². The molecule has 1 aromatic rings. The van der Waals surface area contributed by atoms with Crippen LogP contribution in [0.1, 0.15) is 5.56 Å². The van der Waals surface area contributed by atoms with Gasteiger partial charge in [-0.05, 0) is 12.0 Å². The van der Waals surface area contributed by atoms with Crippen LogP contribution >= 0.6 is 0 Å². The first-order valence-corrected chi connectivity index (χ1v) is 4.01. The molecule has 0 N–H and O–H groups in total. The number of carbonyl (C=O) groups excluding carboxylic acids is 1. The molecule has 0 radical (unpaired) electrons. The molecule has 0 saturated carbocycles. The third-order valence-corrected chi connectivity index (χ3v) is 1.81. The molecule has 13 heavy (non-hydrogen) atoms. The summed E-state index contributed by atoms with van der Waals surface area (Å²) in [7, 11) is 0. The lowest BCUT2D eigenvalue weighted by molar-refractivity contribution is -0.115. The molecule has 70 valence electrons. The fraction of sp³-hybridized carbons (Fsp3) is 0.300. The Balaban J connectivity index is 2.62. The highest BCUT2D eigenvalue weighted by Crippen LogP contribution is 2.13. The van der Waals surface area contributed by atoms with Crippen molar-refractivity contribution in [2.24, 2.45) is 5.92 Å². The number of halogens is 2. The summed E-state index contributed by atoms with van der Waals surface area (Å²) in [4.78, 5) is 10.3. The van der Waals surface area contributed by atoms with E-state index in [0.29, 0.717) is 6.29 Å². The Morgan fingerprint density at radius 1 is 1.23 bits per heavy atom. The van der Waals surface area contributed by atoms with Gasteiger partial charge >= 0.3 is 0 Å².